The van der Waals surface area contributed by atoms with E-state index in [1.54, 1.807) is 25.1 Å². The van der Waals surface area contributed by atoms with Crippen LogP contribution in [0.15, 0.2) is 42.5 Å². The quantitative estimate of drug-likeness (QED) is 0.482. The van der Waals surface area contributed by atoms with Crippen LogP contribution in [0.5, 0.6) is 0 Å². The Morgan fingerprint density at radius 2 is 1.87 bits per heavy atom. The van der Waals surface area contributed by atoms with E-state index in [1.807, 2.05) is 11.9 Å². The number of benzene rings is 2. The predicted molar refractivity (Wildman–Crippen MR) is 106 cm³/mol. The highest BCUT2D eigenvalue weighted by Crippen LogP contribution is 2.43. The van der Waals surface area contributed by atoms with Gasteiger partial charge in [0.05, 0.1) is 18.7 Å². The average molecular weight is 423 g/mol. The third kappa shape index (κ3) is 5.19. The highest BCUT2D eigenvalue weighted by Gasteiger charge is 2.35. The van der Waals surface area contributed by atoms with Crippen LogP contribution in [-0.4, -0.2) is 37.6 Å². The van der Waals surface area contributed by atoms with E-state index in [0.717, 1.165) is 17.2 Å². The van der Waals surface area contributed by atoms with E-state index in [-0.39, 0.29) is 30.2 Å². The zero-order valence-corrected chi connectivity index (χ0v) is 17.0. The summed E-state index contributed by atoms with van der Waals surface area (Å²) in [5.41, 5.74) is 1.70. The molecule has 2 unspecified atom stereocenters. The number of carbonyl (C=O) groups excluding carboxylic acids is 1. The van der Waals surface area contributed by atoms with Crippen molar-refractivity contribution in [2.45, 2.75) is 31.9 Å². The van der Waals surface area contributed by atoms with Crippen LogP contribution >= 0.6 is 0 Å². The monoisotopic (exact) mass is 423 g/mol. The van der Waals surface area contributed by atoms with Gasteiger partial charge in [0, 0.05) is 12.5 Å². The Hall–Kier alpha value is -2.41. The predicted octanol–water partition coefficient (Wildman–Crippen LogP) is 5.03. The molecule has 7 heteroatoms. The summed E-state index contributed by atoms with van der Waals surface area (Å²) in [6.07, 6.45) is -3.20. The number of hydrogen-bond donors (Lipinski definition) is 0. The van der Waals surface area contributed by atoms with E-state index in [2.05, 4.69) is 0 Å². The first-order chi connectivity index (χ1) is 14.2. The minimum Gasteiger partial charge on any atom is -0.465 e. The maximum atomic E-state index is 13.5. The highest BCUT2D eigenvalue weighted by atomic mass is 19.4. The number of hydrogen-bond acceptors (Lipinski definition) is 3. The van der Waals surface area contributed by atoms with Gasteiger partial charge in [-0.3, -0.25) is 9.69 Å². The summed E-state index contributed by atoms with van der Waals surface area (Å²) in [4.78, 5) is 13.7. The average Bonchev–Trinajstić information content (AvgIpc) is 2.67. The molecule has 3 rings (SSSR count). The largest absolute Gasteiger partial charge is 0.465 e. The molecule has 3 nitrogen and oxygen atoms in total. The van der Waals surface area contributed by atoms with E-state index >= 15 is 0 Å². The number of rotatable bonds is 6. The zero-order valence-electron chi connectivity index (χ0n) is 17.0. The number of fused-ring (bicyclic) bond motifs is 1. The molecule has 0 bridgehead atoms. The number of likely N-dealkylation sites (N-methyl/N-ethyl adjacent to an activating group) is 1. The molecule has 0 spiro atoms. The van der Waals surface area contributed by atoms with Crippen LogP contribution in [0.1, 0.15) is 41.5 Å². The number of alkyl halides is 3. The lowest BCUT2D eigenvalue weighted by molar-refractivity contribution is -0.144. The molecule has 1 aliphatic carbocycles. The molecule has 2 aromatic rings. The molecular formula is C23H25F4NO2. The Kier molecular flexibility index (Phi) is 6.81. The van der Waals surface area contributed by atoms with Crippen molar-refractivity contribution in [1.82, 2.24) is 4.90 Å². The molecule has 0 saturated carbocycles. The van der Waals surface area contributed by atoms with Crippen molar-refractivity contribution in [3.63, 3.8) is 0 Å². The molecule has 0 saturated heterocycles. The fourth-order valence-electron chi connectivity index (χ4n) is 4.27. The number of carbonyl (C=O) groups is 1. The lowest BCUT2D eigenvalue weighted by atomic mass is 9.71. The number of nitrogens with zero attached hydrogens (tertiary/aromatic N) is 1. The number of esters is 1. The Morgan fingerprint density at radius 1 is 1.17 bits per heavy atom. The Balaban J connectivity index is 1.92. The molecule has 0 fully saturated rings. The summed E-state index contributed by atoms with van der Waals surface area (Å²) in [7, 11) is 1.82. The lowest BCUT2D eigenvalue weighted by Crippen LogP contribution is -2.36. The van der Waals surface area contributed by atoms with Crippen molar-refractivity contribution in [3.05, 3.63) is 70.5 Å². The second-order valence-electron chi connectivity index (χ2n) is 7.74. The lowest BCUT2D eigenvalue weighted by Gasteiger charge is -2.36. The highest BCUT2D eigenvalue weighted by molar-refractivity contribution is 5.71. The number of ether oxygens (including phenoxy) is 1. The first kappa shape index (κ1) is 22.3. The van der Waals surface area contributed by atoms with E-state index < -0.39 is 11.7 Å². The minimum atomic E-state index is -4.39. The van der Waals surface area contributed by atoms with E-state index in [4.69, 9.17) is 4.74 Å². The molecule has 30 heavy (non-hydrogen) atoms. The molecule has 2 atom stereocenters. The number of aryl methyl sites for hydroxylation is 1. The van der Waals surface area contributed by atoms with Crippen molar-refractivity contribution in [3.8, 4) is 0 Å². The van der Waals surface area contributed by atoms with Gasteiger partial charge in [0.15, 0.2) is 0 Å². The standard InChI is InChI=1S/C23H25F4NO2/c1-3-30-21(29)14-28(2)13-17-5-4-16-12-18(23(25,26)27)8-11-20(16)22(17)15-6-9-19(24)10-7-15/h6-12,17,22H,3-5,13-14H2,1-2H3. The summed E-state index contributed by atoms with van der Waals surface area (Å²) in [6.45, 7) is 2.76. The molecule has 0 aromatic heterocycles. The van der Waals surface area contributed by atoms with Gasteiger partial charge in [0.25, 0.3) is 0 Å². The van der Waals surface area contributed by atoms with Crippen molar-refractivity contribution >= 4 is 5.97 Å². The van der Waals surface area contributed by atoms with Gasteiger partial charge in [-0.25, -0.2) is 4.39 Å². The fourth-order valence-corrected chi connectivity index (χ4v) is 4.27. The Labute approximate surface area is 173 Å². The molecule has 0 N–H and O–H groups in total. The van der Waals surface area contributed by atoms with Crippen LogP contribution in [0.25, 0.3) is 0 Å². The van der Waals surface area contributed by atoms with Gasteiger partial charge in [0.2, 0.25) is 0 Å². The van der Waals surface area contributed by atoms with Gasteiger partial charge >= 0.3 is 12.1 Å². The minimum absolute atomic E-state index is 0.0686. The molecular weight excluding hydrogens is 398 g/mol. The molecule has 1 aliphatic rings. The Morgan fingerprint density at radius 3 is 2.50 bits per heavy atom. The first-order valence-electron chi connectivity index (χ1n) is 9.98. The summed E-state index contributed by atoms with van der Waals surface area (Å²) in [5, 5.41) is 0. The van der Waals surface area contributed by atoms with Crippen molar-refractivity contribution in [2.24, 2.45) is 5.92 Å². The fraction of sp³-hybridized carbons (Fsp3) is 0.435. The van der Waals surface area contributed by atoms with Crippen LogP contribution in [-0.2, 0) is 22.1 Å². The van der Waals surface area contributed by atoms with Gasteiger partial charge < -0.3 is 4.74 Å². The van der Waals surface area contributed by atoms with Crippen LogP contribution in [0.2, 0.25) is 0 Å². The molecule has 0 aliphatic heterocycles. The second-order valence-corrected chi connectivity index (χ2v) is 7.74. The van der Waals surface area contributed by atoms with Gasteiger partial charge in [-0.2, -0.15) is 13.2 Å². The van der Waals surface area contributed by atoms with E-state index in [9.17, 15) is 22.4 Å². The maximum Gasteiger partial charge on any atom is 0.416 e. The zero-order chi connectivity index (χ0) is 21.9. The smallest absolute Gasteiger partial charge is 0.416 e. The molecule has 162 valence electrons. The van der Waals surface area contributed by atoms with Crippen molar-refractivity contribution in [1.29, 1.82) is 0 Å². The van der Waals surface area contributed by atoms with Crippen LogP contribution < -0.4 is 0 Å². The number of halogens is 4. The summed E-state index contributed by atoms with van der Waals surface area (Å²) < 4.78 is 58.0. The SMILES string of the molecule is CCOC(=O)CN(C)CC1CCc2cc(C(F)(F)F)ccc2C1c1ccc(F)cc1. The maximum absolute atomic E-state index is 13.5. The third-order valence-electron chi connectivity index (χ3n) is 5.54. The molecule has 2 aromatic carbocycles. The second kappa shape index (κ2) is 9.16. The topological polar surface area (TPSA) is 29.5 Å². The van der Waals surface area contributed by atoms with Crippen LogP contribution in [0.4, 0.5) is 17.6 Å². The van der Waals surface area contributed by atoms with Gasteiger partial charge in [-0.05, 0) is 73.7 Å². The third-order valence-corrected chi connectivity index (χ3v) is 5.54. The normalized spacial score (nSPS) is 18.9. The van der Waals surface area contributed by atoms with Crippen LogP contribution in [0, 0.1) is 11.7 Å². The Bertz CT molecular complexity index is 880. The molecule has 0 heterocycles. The summed E-state index contributed by atoms with van der Waals surface area (Å²) in [5.74, 6) is -0.789. The van der Waals surface area contributed by atoms with Crippen LogP contribution in [0.3, 0.4) is 0 Å². The van der Waals surface area contributed by atoms with Gasteiger partial charge in [-0.15, -0.1) is 0 Å². The first-order valence-corrected chi connectivity index (χ1v) is 9.98. The summed E-state index contributed by atoms with van der Waals surface area (Å²) >= 11 is 0. The van der Waals surface area contributed by atoms with Gasteiger partial charge in [-0.1, -0.05) is 18.2 Å². The molecule has 0 radical (unpaired) electrons. The van der Waals surface area contributed by atoms with Crippen molar-refractivity contribution in [2.75, 3.05) is 26.7 Å². The van der Waals surface area contributed by atoms with E-state index in [0.29, 0.717) is 31.6 Å². The van der Waals surface area contributed by atoms with Crippen molar-refractivity contribution < 1.29 is 27.1 Å². The summed E-state index contributed by atoms with van der Waals surface area (Å²) in [6, 6.07) is 9.99. The molecule has 0 amide bonds. The van der Waals surface area contributed by atoms with E-state index in [1.165, 1.54) is 18.2 Å². The van der Waals surface area contributed by atoms with Gasteiger partial charge in [0.1, 0.15) is 5.82 Å².